The van der Waals surface area contributed by atoms with Crippen LogP contribution in [0.3, 0.4) is 0 Å². The van der Waals surface area contributed by atoms with Crippen molar-refractivity contribution in [1.82, 2.24) is 19.9 Å². The predicted molar refractivity (Wildman–Crippen MR) is 204 cm³/mol. The number of nitrogens with one attached hydrogen (secondary N) is 5. The number of H-pyrrole nitrogens is 2. The fourth-order valence-corrected chi connectivity index (χ4v) is 4.96. The molecule has 56 heavy (non-hydrogen) atoms. The van der Waals surface area contributed by atoms with Gasteiger partial charge >= 0.3 is 12.6 Å². The van der Waals surface area contributed by atoms with Gasteiger partial charge in [-0.3, -0.25) is 20.2 Å². The van der Waals surface area contributed by atoms with E-state index < -0.39 is 12.6 Å². The molecule has 19 heteroatoms. The summed E-state index contributed by atoms with van der Waals surface area (Å²) in [7, 11) is 0. The molecule has 0 saturated heterocycles. The number of nitrogens with zero attached hydrogens (tertiary/aromatic N) is 2. The summed E-state index contributed by atoms with van der Waals surface area (Å²) in [6.07, 6.45) is -6.62. The first-order valence-corrected chi connectivity index (χ1v) is 15.6. The number of imidazole rings is 2. The molecule has 0 unspecified atom stereocenters. The van der Waals surface area contributed by atoms with Gasteiger partial charge in [-0.15, -0.1) is 17.6 Å². The molecule has 4 heterocycles. The second-order valence-corrected chi connectivity index (χ2v) is 11.0. The number of rotatable bonds is 6. The zero-order valence-corrected chi connectivity index (χ0v) is 27.6. The second kappa shape index (κ2) is 17.4. The van der Waals surface area contributed by atoms with Gasteiger partial charge in [0, 0.05) is 53.3 Å². The SMILES string of the molecule is C.C.C.CC=O.CCNc1ccc(C(=O)Nc2nc3cc4c(cc3[nH]2)OC(F)(F)O4)cc1.Nc1ccc(C(=O)Nc2nc3cc4c(cc3[nH]2)OC(F)(F)O4)cc1. The Labute approximate surface area is 317 Å². The maximum atomic E-state index is 13.1. The van der Waals surface area contributed by atoms with Crippen LogP contribution in [0.25, 0.3) is 22.1 Å². The Morgan fingerprint density at radius 2 is 1.05 bits per heavy atom. The van der Waals surface area contributed by atoms with Gasteiger partial charge in [0.15, 0.2) is 23.0 Å². The third-order valence-electron chi connectivity index (χ3n) is 7.17. The van der Waals surface area contributed by atoms with Crippen molar-refractivity contribution in [2.24, 2.45) is 0 Å². The number of hydrogen-bond donors (Lipinski definition) is 6. The number of halogens is 4. The lowest BCUT2D eigenvalue weighted by atomic mass is 10.2. The molecular formula is C37H40F4N8O7. The lowest BCUT2D eigenvalue weighted by Gasteiger charge is -2.05. The molecule has 0 radical (unpaired) electrons. The Morgan fingerprint density at radius 3 is 1.43 bits per heavy atom. The molecule has 4 aromatic carbocycles. The number of anilines is 4. The van der Waals surface area contributed by atoms with Crippen molar-refractivity contribution in [2.75, 3.05) is 28.2 Å². The van der Waals surface area contributed by atoms with E-state index in [2.05, 4.69) is 54.8 Å². The molecule has 2 aliphatic heterocycles. The van der Waals surface area contributed by atoms with Gasteiger partial charge in [0.1, 0.15) is 6.29 Å². The van der Waals surface area contributed by atoms with Crippen LogP contribution in [0.1, 0.15) is 56.8 Å². The number of aldehydes is 1. The first-order chi connectivity index (χ1) is 25.2. The van der Waals surface area contributed by atoms with Crippen LogP contribution in [0.15, 0.2) is 72.8 Å². The van der Waals surface area contributed by atoms with E-state index in [0.717, 1.165) is 18.5 Å². The fourth-order valence-electron chi connectivity index (χ4n) is 4.96. The molecule has 15 nitrogen and oxygen atoms in total. The van der Waals surface area contributed by atoms with Crippen LogP contribution in [-0.2, 0) is 4.79 Å². The van der Waals surface area contributed by atoms with E-state index in [9.17, 15) is 27.2 Å². The number of aromatic amines is 2. The van der Waals surface area contributed by atoms with Crippen LogP contribution in [0.2, 0.25) is 0 Å². The van der Waals surface area contributed by atoms with Gasteiger partial charge in [0.2, 0.25) is 11.9 Å². The molecular weight excluding hydrogens is 744 g/mol. The number of carbonyl (C=O) groups excluding carboxylic acids is 3. The smallest absolute Gasteiger partial charge is 0.399 e. The minimum Gasteiger partial charge on any atom is -0.399 e. The highest BCUT2D eigenvalue weighted by Crippen LogP contribution is 2.44. The minimum atomic E-state index is -3.69. The van der Waals surface area contributed by atoms with Crippen molar-refractivity contribution in [1.29, 1.82) is 0 Å². The van der Waals surface area contributed by atoms with Gasteiger partial charge in [-0.1, -0.05) is 22.3 Å². The van der Waals surface area contributed by atoms with Crippen LogP contribution in [0.5, 0.6) is 23.0 Å². The van der Waals surface area contributed by atoms with Crippen molar-refractivity contribution >= 4 is 63.4 Å². The summed E-state index contributed by atoms with van der Waals surface area (Å²) in [6.45, 7) is 4.21. The molecule has 0 bridgehead atoms. The van der Waals surface area contributed by atoms with Gasteiger partial charge < -0.3 is 44.8 Å². The maximum absolute atomic E-state index is 13.1. The molecule has 0 spiro atoms. The number of aromatic nitrogens is 4. The van der Waals surface area contributed by atoms with E-state index in [1.807, 2.05) is 6.92 Å². The molecule has 2 aliphatic rings. The Hall–Kier alpha value is -7.05. The van der Waals surface area contributed by atoms with Crippen LogP contribution in [-0.4, -0.2) is 57.2 Å². The van der Waals surface area contributed by atoms with Gasteiger partial charge in [-0.2, -0.15) is 0 Å². The Bertz CT molecular complexity index is 2220. The topological polar surface area (TPSA) is 208 Å². The summed E-state index contributed by atoms with van der Waals surface area (Å²) >= 11 is 0. The summed E-state index contributed by atoms with van der Waals surface area (Å²) < 4.78 is 69.7. The molecule has 7 N–H and O–H groups in total. The van der Waals surface area contributed by atoms with Gasteiger partial charge in [-0.05, 0) is 62.4 Å². The summed E-state index contributed by atoms with van der Waals surface area (Å²) in [4.78, 5) is 47.2. The minimum absolute atomic E-state index is 0. The van der Waals surface area contributed by atoms with Crippen LogP contribution in [0, 0.1) is 0 Å². The van der Waals surface area contributed by atoms with Gasteiger partial charge in [0.25, 0.3) is 11.8 Å². The molecule has 0 aliphatic carbocycles. The van der Waals surface area contributed by atoms with Crippen LogP contribution in [0.4, 0.5) is 40.8 Å². The molecule has 0 atom stereocenters. The Kier molecular flexibility index (Phi) is 13.5. The first-order valence-electron chi connectivity index (χ1n) is 15.6. The third-order valence-corrected chi connectivity index (χ3v) is 7.17. The van der Waals surface area contributed by atoms with Gasteiger partial charge in [-0.25, -0.2) is 9.97 Å². The van der Waals surface area contributed by atoms with Crippen molar-refractivity contribution in [3.8, 4) is 23.0 Å². The number of fused-ring (bicyclic) bond motifs is 4. The number of carbonyl (C=O) groups is 3. The fraction of sp³-hybridized carbons (Fsp3) is 0.216. The largest absolute Gasteiger partial charge is 0.586 e. The van der Waals surface area contributed by atoms with Crippen LogP contribution >= 0.6 is 0 Å². The summed E-state index contributed by atoms with van der Waals surface area (Å²) in [5.74, 6) is -0.797. The number of amides is 2. The van der Waals surface area contributed by atoms with E-state index in [-0.39, 0.29) is 69.0 Å². The third kappa shape index (κ3) is 9.92. The van der Waals surface area contributed by atoms with E-state index in [4.69, 9.17) is 10.5 Å². The van der Waals surface area contributed by atoms with Crippen molar-refractivity contribution in [2.45, 2.75) is 48.7 Å². The molecule has 298 valence electrons. The average molecular weight is 785 g/mol. The van der Waals surface area contributed by atoms with Crippen molar-refractivity contribution in [3.05, 3.63) is 83.9 Å². The maximum Gasteiger partial charge on any atom is 0.586 e. The van der Waals surface area contributed by atoms with Crippen LogP contribution < -0.4 is 40.6 Å². The average Bonchev–Trinajstić information content (AvgIpc) is 3.83. The second-order valence-electron chi connectivity index (χ2n) is 11.0. The van der Waals surface area contributed by atoms with Crippen molar-refractivity contribution < 1.29 is 50.9 Å². The molecule has 6 aromatic rings. The molecule has 0 fully saturated rings. The normalized spacial score (nSPS) is 13.2. The summed E-state index contributed by atoms with van der Waals surface area (Å²) in [6, 6.07) is 18.6. The van der Waals surface area contributed by atoms with E-state index in [1.165, 1.54) is 31.2 Å². The highest BCUT2D eigenvalue weighted by Gasteiger charge is 2.44. The van der Waals surface area contributed by atoms with E-state index in [0.29, 0.717) is 38.9 Å². The molecule has 2 amide bonds. The predicted octanol–water partition coefficient (Wildman–Crippen LogP) is 8.40. The molecule has 8 rings (SSSR count). The van der Waals surface area contributed by atoms with E-state index >= 15 is 0 Å². The number of hydrogen-bond acceptors (Lipinski definition) is 11. The number of alkyl halides is 4. The number of ether oxygens (including phenoxy) is 4. The highest BCUT2D eigenvalue weighted by molar-refractivity contribution is 6.05. The highest BCUT2D eigenvalue weighted by atomic mass is 19.3. The Morgan fingerprint density at radius 1 is 0.696 bits per heavy atom. The van der Waals surface area contributed by atoms with Gasteiger partial charge in [0.05, 0.1) is 22.1 Å². The number of benzene rings is 4. The zero-order valence-electron chi connectivity index (χ0n) is 27.6. The monoisotopic (exact) mass is 784 g/mol. The summed E-state index contributed by atoms with van der Waals surface area (Å²) in [5, 5.41) is 8.36. The summed E-state index contributed by atoms with van der Waals surface area (Å²) in [5.41, 5.74) is 9.45. The van der Waals surface area contributed by atoms with Crippen molar-refractivity contribution in [3.63, 3.8) is 0 Å². The molecule has 2 aromatic heterocycles. The first kappa shape index (κ1) is 43.4. The standard InChI is InChI=1S/C17H14F2N4O3.C15H10F2N4O3.C2H4O.3CH4/c1-2-20-10-5-3-9(4-6-10)15(24)23-16-21-11-7-13-14(8-12(11)22-16)26-17(18,19)25-13;16-15(17)23-11-5-9-10(6-12(11)24-15)20-14(19-9)21-13(22)7-1-3-8(18)4-2-7;1-2-3;;;/h3-8,20H,2H2,1H3,(H2,21,22,23,24);1-6H,18H2,(H2,19,20,21,22);2H,1H3;3*1H4. The quantitative estimate of drug-likeness (QED) is 0.0537. The number of nitrogen functional groups attached to an aromatic ring is 1. The lowest BCUT2D eigenvalue weighted by Crippen LogP contribution is -2.25. The number of nitrogens with two attached hydrogens (primary N) is 1. The molecule has 0 saturated carbocycles. The lowest BCUT2D eigenvalue weighted by molar-refractivity contribution is -0.287. The van der Waals surface area contributed by atoms with E-state index in [1.54, 1.807) is 48.5 Å². The Balaban J connectivity index is 0.000000268. The zero-order chi connectivity index (χ0) is 37.9.